The Kier molecular flexibility index (Phi) is 5.36. The highest BCUT2D eigenvalue weighted by atomic mass is 16.5. The van der Waals surface area contributed by atoms with Crippen LogP contribution in [-0.2, 0) is 11.2 Å². The minimum atomic E-state index is -0.243. The molecule has 19 heavy (non-hydrogen) atoms. The molecule has 0 bridgehead atoms. The second kappa shape index (κ2) is 6.78. The average Bonchev–Trinajstić information content (AvgIpc) is 2.38. The normalized spacial score (nSPS) is 9.89. The Morgan fingerprint density at radius 3 is 2.42 bits per heavy atom. The molecule has 0 fully saturated rings. The summed E-state index contributed by atoms with van der Waals surface area (Å²) >= 11 is 0. The van der Waals surface area contributed by atoms with Crippen LogP contribution in [0.1, 0.15) is 36.7 Å². The summed E-state index contributed by atoms with van der Waals surface area (Å²) in [7, 11) is 1.52. The third-order valence-corrected chi connectivity index (χ3v) is 2.67. The summed E-state index contributed by atoms with van der Waals surface area (Å²) in [6.07, 6.45) is 0.781. The monoisotopic (exact) mass is 264 g/mol. The molecule has 1 rings (SSSR count). The number of aryl methyl sites for hydroxylation is 1. The van der Waals surface area contributed by atoms with Gasteiger partial charge in [-0.3, -0.25) is 9.59 Å². The molecule has 0 saturated heterocycles. The standard InChI is InChI=1S/C14H20N2O3/c1-5-10-7-11(14(18)15-6-2)13(16-9(3)17)12(8-10)19-4/h7-8H,5-6H2,1-4H3,(H,15,18)(H,16,17). The van der Waals surface area contributed by atoms with Crippen molar-refractivity contribution in [2.75, 3.05) is 19.0 Å². The van der Waals surface area contributed by atoms with E-state index in [4.69, 9.17) is 4.74 Å². The molecule has 0 aliphatic heterocycles. The van der Waals surface area contributed by atoms with Gasteiger partial charge in [0, 0.05) is 13.5 Å². The van der Waals surface area contributed by atoms with Crippen LogP contribution >= 0.6 is 0 Å². The van der Waals surface area contributed by atoms with Crippen molar-refractivity contribution in [3.8, 4) is 5.75 Å². The summed E-state index contributed by atoms with van der Waals surface area (Å²) in [5.74, 6) is 0.0313. The van der Waals surface area contributed by atoms with Crippen LogP contribution in [-0.4, -0.2) is 25.5 Å². The van der Waals surface area contributed by atoms with Crippen molar-refractivity contribution < 1.29 is 14.3 Å². The van der Waals surface area contributed by atoms with E-state index in [-0.39, 0.29) is 11.8 Å². The van der Waals surface area contributed by atoms with E-state index in [9.17, 15) is 9.59 Å². The molecule has 5 nitrogen and oxygen atoms in total. The second-order valence-corrected chi connectivity index (χ2v) is 4.11. The number of carbonyl (C=O) groups is 2. The van der Waals surface area contributed by atoms with Crippen LogP contribution in [0.2, 0.25) is 0 Å². The Hall–Kier alpha value is -2.04. The molecule has 5 heteroatoms. The van der Waals surface area contributed by atoms with Gasteiger partial charge in [0.1, 0.15) is 5.75 Å². The first-order chi connectivity index (χ1) is 9.03. The van der Waals surface area contributed by atoms with E-state index in [1.54, 1.807) is 6.07 Å². The van der Waals surface area contributed by atoms with E-state index < -0.39 is 0 Å². The predicted octanol–water partition coefficient (Wildman–Crippen LogP) is 1.97. The maximum absolute atomic E-state index is 12.1. The fourth-order valence-electron chi connectivity index (χ4n) is 1.78. The van der Waals surface area contributed by atoms with Crippen molar-refractivity contribution in [2.45, 2.75) is 27.2 Å². The smallest absolute Gasteiger partial charge is 0.253 e. The van der Waals surface area contributed by atoms with Gasteiger partial charge in [-0.2, -0.15) is 0 Å². The SMILES string of the molecule is CCNC(=O)c1cc(CC)cc(OC)c1NC(C)=O. The number of anilines is 1. The molecule has 0 heterocycles. The van der Waals surface area contributed by atoms with Crippen molar-refractivity contribution in [1.29, 1.82) is 0 Å². The number of carbonyl (C=O) groups excluding carboxylic acids is 2. The summed E-state index contributed by atoms with van der Waals surface area (Å²) in [5.41, 5.74) is 1.82. The first-order valence-electron chi connectivity index (χ1n) is 6.30. The molecule has 0 spiro atoms. The van der Waals surface area contributed by atoms with E-state index >= 15 is 0 Å². The third-order valence-electron chi connectivity index (χ3n) is 2.67. The van der Waals surface area contributed by atoms with Crippen LogP contribution in [0.25, 0.3) is 0 Å². The van der Waals surface area contributed by atoms with E-state index in [0.717, 1.165) is 12.0 Å². The van der Waals surface area contributed by atoms with Gasteiger partial charge in [0.2, 0.25) is 5.91 Å². The number of benzene rings is 1. The quantitative estimate of drug-likeness (QED) is 0.854. The lowest BCUT2D eigenvalue weighted by Crippen LogP contribution is -2.25. The molecule has 104 valence electrons. The fourth-order valence-corrected chi connectivity index (χ4v) is 1.78. The molecule has 0 radical (unpaired) electrons. The number of hydrogen-bond acceptors (Lipinski definition) is 3. The zero-order valence-corrected chi connectivity index (χ0v) is 11.8. The Balaban J connectivity index is 3.36. The van der Waals surface area contributed by atoms with Crippen molar-refractivity contribution in [3.63, 3.8) is 0 Å². The maximum atomic E-state index is 12.1. The van der Waals surface area contributed by atoms with Gasteiger partial charge in [-0.15, -0.1) is 0 Å². The largest absolute Gasteiger partial charge is 0.495 e. The lowest BCUT2D eigenvalue weighted by molar-refractivity contribution is -0.114. The highest BCUT2D eigenvalue weighted by Gasteiger charge is 2.17. The van der Waals surface area contributed by atoms with Crippen LogP contribution < -0.4 is 15.4 Å². The topological polar surface area (TPSA) is 67.4 Å². The first-order valence-corrected chi connectivity index (χ1v) is 6.30. The van der Waals surface area contributed by atoms with Crippen LogP contribution in [0.5, 0.6) is 5.75 Å². The summed E-state index contributed by atoms with van der Waals surface area (Å²) in [4.78, 5) is 23.3. The second-order valence-electron chi connectivity index (χ2n) is 4.11. The van der Waals surface area contributed by atoms with Gasteiger partial charge in [0.05, 0.1) is 18.4 Å². The molecule has 0 unspecified atom stereocenters. The number of methoxy groups -OCH3 is 1. The minimum absolute atomic E-state index is 0.222. The van der Waals surface area contributed by atoms with Gasteiger partial charge >= 0.3 is 0 Å². The van der Waals surface area contributed by atoms with Crippen LogP contribution in [0.4, 0.5) is 5.69 Å². The molecule has 1 aromatic carbocycles. The lowest BCUT2D eigenvalue weighted by Gasteiger charge is -2.15. The fraction of sp³-hybridized carbons (Fsp3) is 0.429. The zero-order valence-electron chi connectivity index (χ0n) is 11.8. The van der Waals surface area contributed by atoms with Gasteiger partial charge in [0.25, 0.3) is 5.91 Å². The van der Waals surface area contributed by atoms with Gasteiger partial charge < -0.3 is 15.4 Å². The average molecular weight is 264 g/mol. The predicted molar refractivity (Wildman–Crippen MR) is 74.7 cm³/mol. The first kappa shape index (κ1) is 15.0. The third kappa shape index (κ3) is 3.71. The molecule has 0 aromatic heterocycles. The molecule has 0 aliphatic rings. The molecule has 0 saturated carbocycles. The van der Waals surface area contributed by atoms with Crippen LogP contribution in [0.15, 0.2) is 12.1 Å². The number of ether oxygens (including phenoxy) is 1. The highest BCUT2D eigenvalue weighted by Crippen LogP contribution is 2.30. The number of nitrogens with one attached hydrogen (secondary N) is 2. The number of hydrogen-bond donors (Lipinski definition) is 2. The van der Waals surface area contributed by atoms with Crippen molar-refractivity contribution >= 4 is 17.5 Å². The van der Waals surface area contributed by atoms with Gasteiger partial charge in [-0.05, 0) is 31.0 Å². The lowest BCUT2D eigenvalue weighted by atomic mass is 10.0. The summed E-state index contributed by atoms with van der Waals surface area (Å²) < 4.78 is 5.26. The van der Waals surface area contributed by atoms with E-state index in [2.05, 4.69) is 10.6 Å². The Labute approximate surface area is 113 Å². The van der Waals surface area contributed by atoms with Crippen molar-refractivity contribution in [1.82, 2.24) is 5.32 Å². The van der Waals surface area contributed by atoms with E-state index in [0.29, 0.717) is 23.5 Å². The molecule has 0 aliphatic carbocycles. The van der Waals surface area contributed by atoms with E-state index in [1.165, 1.54) is 14.0 Å². The summed E-state index contributed by atoms with van der Waals surface area (Å²) in [5, 5.41) is 5.39. The number of amides is 2. The summed E-state index contributed by atoms with van der Waals surface area (Å²) in [6.45, 7) is 5.76. The van der Waals surface area contributed by atoms with Crippen molar-refractivity contribution in [3.05, 3.63) is 23.3 Å². The van der Waals surface area contributed by atoms with Gasteiger partial charge in [-0.1, -0.05) is 6.92 Å². The molecule has 1 aromatic rings. The van der Waals surface area contributed by atoms with E-state index in [1.807, 2.05) is 19.9 Å². The number of rotatable bonds is 5. The minimum Gasteiger partial charge on any atom is -0.495 e. The van der Waals surface area contributed by atoms with Crippen molar-refractivity contribution in [2.24, 2.45) is 0 Å². The molecule has 0 atom stereocenters. The van der Waals surface area contributed by atoms with Gasteiger partial charge in [-0.25, -0.2) is 0 Å². The molecular weight excluding hydrogens is 244 g/mol. The Bertz CT molecular complexity index is 484. The molecule has 2 N–H and O–H groups in total. The highest BCUT2D eigenvalue weighted by molar-refractivity contribution is 6.05. The van der Waals surface area contributed by atoms with Crippen LogP contribution in [0.3, 0.4) is 0 Å². The van der Waals surface area contributed by atoms with Crippen LogP contribution in [0, 0.1) is 0 Å². The Morgan fingerprint density at radius 1 is 1.26 bits per heavy atom. The Morgan fingerprint density at radius 2 is 1.95 bits per heavy atom. The van der Waals surface area contributed by atoms with Gasteiger partial charge in [0.15, 0.2) is 0 Å². The molecular formula is C14H20N2O3. The summed E-state index contributed by atoms with van der Waals surface area (Å²) in [6, 6.07) is 3.60. The maximum Gasteiger partial charge on any atom is 0.253 e. The molecule has 2 amide bonds. The zero-order chi connectivity index (χ0) is 14.4.